The summed E-state index contributed by atoms with van der Waals surface area (Å²) < 4.78 is 10.7. The number of carbonyl (C=O) groups excluding carboxylic acids is 2. The smallest absolute Gasteiger partial charge is 0.231 e. The van der Waals surface area contributed by atoms with Crippen LogP contribution in [0, 0.1) is 0 Å². The third kappa shape index (κ3) is 3.98. The molecule has 0 unspecified atom stereocenters. The van der Waals surface area contributed by atoms with E-state index in [1.54, 1.807) is 24.3 Å². The summed E-state index contributed by atoms with van der Waals surface area (Å²) in [5, 5.41) is 5.11. The minimum Gasteiger partial charge on any atom is -0.454 e. The van der Waals surface area contributed by atoms with Gasteiger partial charge in [0.05, 0.1) is 5.69 Å². The number of hydrogen-bond donors (Lipinski definition) is 1. The van der Waals surface area contributed by atoms with E-state index in [9.17, 15) is 9.59 Å². The lowest BCUT2D eigenvalue weighted by Gasteiger charge is -2.02. The molecule has 1 amide bonds. The molecular weight excluding hydrogens is 364 g/mol. The monoisotopic (exact) mass is 380 g/mol. The fraction of sp³-hybridized carbons (Fsp3) is 0.150. The minimum atomic E-state index is -0.231. The van der Waals surface area contributed by atoms with Crippen LogP contribution >= 0.6 is 11.3 Å². The van der Waals surface area contributed by atoms with E-state index < -0.39 is 0 Å². The number of nitrogens with one attached hydrogen (secondary N) is 1. The van der Waals surface area contributed by atoms with Crippen molar-refractivity contribution >= 4 is 28.2 Å². The van der Waals surface area contributed by atoms with Crippen LogP contribution in [0.1, 0.15) is 23.2 Å². The summed E-state index contributed by atoms with van der Waals surface area (Å²) in [5.41, 5.74) is 2.24. The van der Waals surface area contributed by atoms with Crippen LogP contribution in [0.15, 0.2) is 53.9 Å². The predicted molar refractivity (Wildman–Crippen MR) is 102 cm³/mol. The number of benzene rings is 2. The lowest BCUT2D eigenvalue weighted by Crippen LogP contribution is -2.13. The lowest BCUT2D eigenvalue weighted by molar-refractivity contribution is -0.116. The number of fused-ring (bicyclic) bond motifs is 1. The molecule has 0 aliphatic carbocycles. The molecule has 1 aliphatic heterocycles. The summed E-state index contributed by atoms with van der Waals surface area (Å²) in [6.45, 7) is 0.221. The number of nitrogens with zero attached hydrogens (tertiary/aromatic N) is 1. The summed E-state index contributed by atoms with van der Waals surface area (Å²) >= 11 is 1.34. The van der Waals surface area contributed by atoms with Gasteiger partial charge in [-0.25, -0.2) is 4.98 Å². The second-order valence-electron chi connectivity index (χ2n) is 5.94. The maximum absolute atomic E-state index is 12.1. The number of carbonyl (C=O) groups is 2. The number of hydrogen-bond acceptors (Lipinski definition) is 6. The average molecular weight is 380 g/mol. The van der Waals surface area contributed by atoms with Crippen molar-refractivity contribution < 1.29 is 19.1 Å². The molecule has 0 saturated heterocycles. The molecule has 0 bridgehead atoms. The molecule has 0 atom stereocenters. The van der Waals surface area contributed by atoms with Crippen molar-refractivity contribution in [1.29, 1.82) is 0 Å². The first-order valence-corrected chi connectivity index (χ1v) is 9.31. The first-order valence-electron chi connectivity index (χ1n) is 8.43. The van der Waals surface area contributed by atoms with Gasteiger partial charge < -0.3 is 14.8 Å². The molecule has 2 heterocycles. The average Bonchev–Trinajstić information content (AvgIpc) is 3.35. The molecule has 27 heavy (non-hydrogen) atoms. The molecule has 0 saturated carbocycles. The van der Waals surface area contributed by atoms with E-state index in [0.29, 0.717) is 22.2 Å². The van der Waals surface area contributed by atoms with Gasteiger partial charge in [0.2, 0.25) is 12.7 Å². The van der Waals surface area contributed by atoms with Gasteiger partial charge >= 0.3 is 0 Å². The highest BCUT2D eigenvalue weighted by molar-refractivity contribution is 7.14. The molecule has 3 aromatic rings. The highest BCUT2D eigenvalue weighted by atomic mass is 32.1. The van der Waals surface area contributed by atoms with Crippen LogP contribution in [0.5, 0.6) is 11.5 Å². The van der Waals surface area contributed by atoms with Gasteiger partial charge in [0.1, 0.15) is 0 Å². The Labute approximate surface area is 159 Å². The van der Waals surface area contributed by atoms with Crippen LogP contribution in [-0.2, 0) is 4.79 Å². The van der Waals surface area contributed by atoms with E-state index >= 15 is 0 Å². The van der Waals surface area contributed by atoms with Gasteiger partial charge in [0.15, 0.2) is 22.4 Å². The van der Waals surface area contributed by atoms with Gasteiger partial charge in [0, 0.05) is 29.3 Å². The molecule has 1 N–H and O–H groups in total. The van der Waals surface area contributed by atoms with Gasteiger partial charge in [0.25, 0.3) is 0 Å². The number of amides is 1. The molecule has 136 valence electrons. The van der Waals surface area contributed by atoms with Crippen LogP contribution in [0.4, 0.5) is 5.13 Å². The standard InChI is InChI=1S/C20H16N2O4S/c23-16(13-4-2-1-3-5-13)7-9-19(24)22-20-21-15(11-27-20)14-6-8-17-18(10-14)26-12-25-17/h1-6,8,10-11H,7,9,12H2,(H,21,22,24). The Morgan fingerprint density at radius 1 is 1.04 bits per heavy atom. The highest BCUT2D eigenvalue weighted by Crippen LogP contribution is 2.36. The third-order valence-corrected chi connectivity index (χ3v) is 4.85. The lowest BCUT2D eigenvalue weighted by atomic mass is 10.1. The van der Waals surface area contributed by atoms with E-state index in [0.717, 1.165) is 11.3 Å². The summed E-state index contributed by atoms with van der Waals surface area (Å²) in [5.74, 6) is 1.12. The molecule has 6 nitrogen and oxygen atoms in total. The third-order valence-electron chi connectivity index (χ3n) is 4.09. The maximum Gasteiger partial charge on any atom is 0.231 e. The van der Waals surface area contributed by atoms with Crippen molar-refractivity contribution in [2.24, 2.45) is 0 Å². The molecule has 7 heteroatoms. The largest absolute Gasteiger partial charge is 0.454 e. The number of Topliss-reactive ketones (excluding diaryl/α,β-unsaturated/α-hetero) is 1. The zero-order valence-electron chi connectivity index (χ0n) is 14.3. The molecule has 1 aliphatic rings. The first-order chi connectivity index (χ1) is 13.2. The summed E-state index contributed by atoms with van der Waals surface area (Å²) in [7, 11) is 0. The molecular formula is C20H16N2O4S. The van der Waals surface area contributed by atoms with Crippen LogP contribution in [-0.4, -0.2) is 23.5 Å². The number of ketones is 1. The van der Waals surface area contributed by atoms with Gasteiger partial charge in [-0.05, 0) is 18.2 Å². The molecule has 0 spiro atoms. The Morgan fingerprint density at radius 3 is 2.70 bits per heavy atom. The zero-order chi connectivity index (χ0) is 18.6. The van der Waals surface area contributed by atoms with Gasteiger partial charge in [-0.15, -0.1) is 11.3 Å². The minimum absolute atomic E-state index is 0.0501. The quantitative estimate of drug-likeness (QED) is 0.650. The van der Waals surface area contributed by atoms with Crippen LogP contribution < -0.4 is 14.8 Å². The molecule has 0 radical (unpaired) electrons. The number of aromatic nitrogens is 1. The molecule has 4 rings (SSSR count). The van der Waals surface area contributed by atoms with Gasteiger partial charge in [-0.2, -0.15) is 0 Å². The van der Waals surface area contributed by atoms with E-state index in [2.05, 4.69) is 10.3 Å². The SMILES string of the molecule is O=C(CCC(=O)c1ccccc1)Nc1nc(-c2ccc3c(c2)OCO3)cs1. The van der Waals surface area contributed by atoms with Crippen molar-refractivity contribution in [3.63, 3.8) is 0 Å². The number of anilines is 1. The first kappa shape index (κ1) is 17.2. The number of rotatable bonds is 6. The second-order valence-corrected chi connectivity index (χ2v) is 6.80. The van der Waals surface area contributed by atoms with Gasteiger partial charge in [-0.3, -0.25) is 9.59 Å². The van der Waals surface area contributed by atoms with Crippen molar-refractivity contribution in [2.45, 2.75) is 12.8 Å². The normalized spacial score (nSPS) is 12.0. The molecule has 2 aromatic carbocycles. The molecule has 0 fully saturated rings. The zero-order valence-corrected chi connectivity index (χ0v) is 15.1. The van der Waals surface area contributed by atoms with E-state index in [4.69, 9.17) is 9.47 Å². The summed E-state index contributed by atoms with van der Waals surface area (Å²) in [6, 6.07) is 14.6. The fourth-order valence-corrected chi connectivity index (χ4v) is 3.43. The Bertz CT molecular complexity index is 985. The highest BCUT2D eigenvalue weighted by Gasteiger charge is 2.16. The Morgan fingerprint density at radius 2 is 1.85 bits per heavy atom. The number of ether oxygens (including phenoxy) is 2. The van der Waals surface area contributed by atoms with Crippen LogP contribution in [0.2, 0.25) is 0 Å². The summed E-state index contributed by atoms with van der Waals surface area (Å²) in [4.78, 5) is 28.6. The van der Waals surface area contributed by atoms with Crippen molar-refractivity contribution in [3.05, 3.63) is 59.5 Å². The predicted octanol–water partition coefficient (Wildman–Crippen LogP) is 4.14. The van der Waals surface area contributed by atoms with Crippen LogP contribution in [0.3, 0.4) is 0 Å². The van der Waals surface area contributed by atoms with Crippen molar-refractivity contribution in [3.8, 4) is 22.8 Å². The fourth-order valence-electron chi connectivity index (χ4n) is 2.70. The Kier molecular flexibility index (Phi) is 4.84. The Balaban J connectivity index is 1.35. The van der Waals surface area contributed by atoms with E-state index in [-0.39, 0.29) is 31.3 Å². The van der Waals surface area contributed by atoms with E-state index in [1.807, 2.05) is 29.6 Å². The second kappa shape index (κ2) is 7.59. The topological polar surface area (TPSA) is 77.5 Å². The maximum atomic E-state index is 12.1. The summed E-state index contributed by atoms with van der Waals surface area (Å²) in [6.07, 6.45) is 0.281. The number of thiazole rings is 1. The molecule has 1 aromatic heterocycles. The Hall–Kier alpha value is -3.19. The van der Waals surface area contributed by atoms with E-state index in [1.165, 1.54) is 11.3 Å². The van der Waals surface area contributed by atoms with Gasteiger partial charge in [-0.1, -0.05) is 30.3 Å². The van der Waals surface area contributed by atoms with Crippen molar-refractivity contribution in [1.82, 2.24) is 4.98 Å². The van der Waals surface area contributed by atoms with Crippen LogP contribution in [0.25, 0.3) is 11.3 Å². The van der Waals surface area contributed by atoms with Crippen molar-refractivity contribution in [2.75, 3.05) is 12.1 Å².